The maximum absolute atomic E-state index is 12.4. The Bertz CT molecular complexity index is 798. The molecule has 3 aromatic heterocycles. The molecule has 3 rings (SSSR count). The van der Waals surface area contributed by atoms with E-state index in [2.05, 4.69) is 15.4 Å². The van der Waals surface area contributed by atoms with Crippen LogP contribution in [0.4, 0.5) is 10.6 Å². The second kappa shape index (κ2) is 7.65. The van der Waals surface area contributed by atoms with Crippen LogP contribution < -0.4 is 5.32 Å². The molecule has 130 valence electrons. The molecule has 0 saturated heterocycles. The van der Waals surface area contributed by atoms with Gasteiger partial charge >= 0.3 is 6.03 Å². The number of anilines is 1. The topological polar surface area (TPSA) is 76.2 Å². The fraction of sp³-hybridized carbons (Fsp3) is 0.278. The van der Waals surface area contributed by atoms with Gasteiger partial charge in [0.05, 0.1) is 12.3 Å². The van der Waals surface area contributed by atoms with Crippen LogP contribution in [0.3, 0.4) is 0 Å². The molecule has 0 spiro atoms. The molecule has 7 nitrogen and oxygen atoms in total. The summed E-state index contributed by atoms with van der Waals surface area (Å²) < 4.78 is 7.16. The number of urea groups is 1. The maximum atomic E-state index is 12.4. The summed E-state index contributed by atoms with van der Waals surface area (Å²) in [6.07, 6.45) is 7.86. The molecule has 7 heteroatoms. The van der Waals surface area contributed by atoms with Crippen molar-refractivity contribution in [1.82, 2.24) is 19.7 Å². The molecule has 0 unspecified atom stereocenters. The molecule has 0 bridgehead atoms. The molecule has 0 aliphatic carbocycles. The highest BCUT2D eigenvalue weighted by Gasteiger charge is 2.20. The fourth-order valence-electron chi connectivity index (χ4n) is 2.44. The first kappa shape index (κ1) is 16.8. The van der Waals surface area contributed by atoms with Crippen LogP contribution in [0.2, 0.25) is 0 Å². The molecular weight excluding hydrogens is 318 g/mol. The maximum Gasteiger partial charge on any atom is 0.323 e. The number of hydrogen-bond donors (Lipinski definition) is 1. The average Bonchev–Trinajstić information content (AvgIpc) is 3.31. The molecule has 3 heterocycles. The SMILES string of the molecule is C[C@H](c1ccco1)N(C)C(=O)Nc1ccn(CCc2ccncc2)n1. The van der Waals surface area contributed by atoms with Crippen molar-refractivity contribution >= 4 is 11.8 Å². The summed E-state index contributed by atoms with van der Waals surface area (Å²) in [5, 5.41) is 7.20. The third-order valence-corrected chi connectivity index (χ3v) is 4.11. The Kier molecular flexibility index (Phi) is 5.13. The summed E-state index contributed by atoms with van der Waals surface area (Å²) in [7, 11) is 1.73. The standard InChI is InChI=1S/C18H21N5O2/c1-14(16-4-3-13-25-16)22(2)18(24)20-17-8-12-23(21-17)11-7-15-5-9-19-10-6-15/h3-6,8-10,12-14H,7,11H2,1-2H3,(H,20,21,24)/t14-/m1/s1. The quantitative estimate of drug-likeness (QED) is 0.747. The Balaban J connectivity index is 1.54. The predicted molar refractivity (Wildman–Crippen MR) is 94.1 cm³/mol. The molecule has 0 aliphatic heterocycles. The summed E-state index contributed by atoms with van der Waals surface area (Å²) in [4.78, 5) is 17.9. The van der Waals surface area contributed by atoms with Gasteiger partial charge in [-0.2, -0.15) is 5.10 Å². The molecule has 25 heavy (non-hydrogen) atoms. The first-order valence-electron chi connectivity index (χ1n) is 8.13. The Labute approximate surface area is 146 Å². The molecule has 0 aromatic carbocycles. The first-order valence-corrected chi connectivity index (χ1v) is 8.13. The summed E-state index contributed by atoms with van der Waals surface area (Å²) in [5.74, 6) is 1.26. The van der Waals surface area contributed by atoms with Crippen LogP contribution in [0.25, 0.3) is 0 Å². The van der Waals surface area contributed by atoms with Crippen LogP contribution in [-0.2, 0) is 13.0 Å². The largest absolute Gasteiger partial charge is 0.467 e. The number of pyridine rings is 1. The highest BCUT2D eigenvalue weighted by atomic mass is 16.3. The predicted octanol–water partition coefficient (Wildman–Crippen LogP) is 3.34. The van der Waals surface area contributed by atoms with Gasteiger partial charge < -0.3 is 9.32 Å². The van der Waals surface area contributed by atoms with E-state index in [-0.39, 0.29) is 12.1 Å². The minimum atomic E-state index is -0.233. The van der Waals surface area contributed by atoms with Crippen molar-refractivity contribution < 1.29 is 9.21 Å². The normalized spacial score (nSPS) is 11.9. The van der Waals surface area contributed by atoms with Crippen LogP contribution in [-0.4, -0.2) is 32.7 Å². The molecular formula is C18H21N5O2. The lowest BCUT2D eigenvalue weighted by atomic mass is 10.2. The Morgan fingerprint density at radius 3 is 2.84 bits per heavy atom. The highest BCUT2D eigenvalue weighted by Crippen LogP contribution is 2.19. The van der Waals surface area contributed by atoms with Gasteiger partial charge in [-0.15, -0.1) is 0 Å². The van der Waals surface area contributed by atoms with Gasteiger partial charge in [-0.25, -0.2) is 4.79 Å². The van der Waals surface area contributed by atoms with Crippen LogP contribution in [0.1, 0.15) is 24.3 Å². The van der Waals surface area contributed by atoms with E-state index in [9.17, 15) is 4.79 Å². The van der Waals surface area contributed by atoms with Crippen molar-refractivity contribution in [3.63, 3.8) is 0 Å². The van der Waals surface area contributed by atoms with Crippen LogP contribution in [0, 0.1) is 0 Å². The molecule has 1 N–H and O–H groups in total. The Morgan fingerprint density at radius 2 is 2.12 bits per heavy atom. The van der Waals surface area contributed by atoms with Crippen molar-refractivity contribution in [3.05, 3.63) is 66.5 Å². The minimum absolute atomic E-state index is 0.163. The number of carbonyl (C=O) groups is 1. The number of nitrogens with one attached hydrogen (secondary N) is 1. The van der Waals surface area contributed by atoms with E-state index in [1.165, 1.54) is 5.56 Å². The molecule has 0 fully saturated rings. The summed E-state index contributed by atoms with van der Waals surface area (Å²) in [5.41, 5.74) is 1.20. The van der Waals surface area contributed by atoms with Crippen LogP contribution in [0.15, 0.2) is 59.6 Å². The van der Waals surface area contributed by atoms with Gasteiger partial charge in [-0.3, -0.25) is 15.0 Å². The number of hydrogen-bond acceptors (Lipinski definition) is 4. The van der Waals surface area contributed by atoms with Gasteiger partial charge in [0.25, 0.3) is 0 Å². The summed E-state index contributed by atoms with van der Waals surface area (Å²) in [6, 6.07) is 9.01. The highest BCUT2D eigenvalue weighted by molar-refractivity contribution is 5.88. The number of carbonyl (C=O) groups excluding carboxylic acids is 1. The van der Waals surface area contributed by atoms with Gasteiger partial charge in [0.15, 0.2) is 5.82 Å². The van der Waals surface area contributed by atoms with E-state index in [1.54, 1.807) is 36.7 Å². The second-order valence-electron chi connectivity index (χ2n) is 5.80. The molecule has 2 amide bonds. The van der Waals surface area contributed by atoms with Crippen molar-refractivity contribution in [2.24, 2.45) is 0 Å². The number of rotatable bonds is 6. The van der Waals surface area contributed by atoms with E-state index in [0.29, 0.717) is 5.82 Å². The summed E-state index contributed by atoms with van der Waals surface area (Å²) in [6.45, 7) is 2.64. The van der Waals surface area contributed by atoms with Gasteiger partial charge in [0.2, 0.25) is 0 Å². The van der Waals surface area contributed by atoms with Crippen LogP contribution >= 0.6 is 0 Å². The van der Waals surface area contributed by atoms with Crippen LogP contribution in [0.5, 0.6) is 0 Å². The van der Waals surface area contributed by atoms with E-state index in [1.807, 2.05) is 42.1 Å². The van der Waals surface area contributed by atoms with Gasteiger partial charge in [-0.05, 0) is 43.2 Å². The zero-order valence-electron chi connectivity index (χ0n) is 14.3. The number of aryl methyl sites for hydroxylation is 2. The molecule has 0 radical (unpaired) electrons. The van der Waals surface area contributed by atoms with Crippen molar-refractivity contribution in [1.29, 1.82) is 0 Å². The molecule has 0 saturated carbocycles. The smallest absolute Gasteiger partial charge is 0.323 e. The first-order chi connectivity index (χ1) is 12.1. The van der Waals surface area contributed by atoms with Gasteiger partial charge in [0, 0.05) is 38.2 Å². The number of aromatic nitrogens is 3. The average molecular weight is 339 g/mol. The number of nitrogens with zero attached hydrogens (tertiary/aromatic N) is 4. The lowest BCUT2D eigenvalue weighted by molar-refractivity contribution is 0.201. The molecule has 0 aliphatic rings. The van der Waals surface area contributed by atoms with E-state index < -0.39 is 0 Å². The van der Waals surface area contributed by atoms with E-state index in [4.69, 9.17) is 4.42 Å². The Morgan fingerprint density at radius 1 is 1.32 bits per heavy atom. The van der Waals surface area contributed by atoms with Crippen molar-refractivity contribution in [2.75, 3.05) is 12.4 Å². The summed E-state index contributed by atoms with van der Waals surface area (Å²) >= 11 is 0. The number of furan rings is 1. The third-order valence-electron chi connectivity index (χ3n) is 4.11. The van der Waals surface area contributed by atoms with Gasteiger partial charge in [0.1, 0.15) is 5.76 Å². The fourth-order valence-corrected chi connectivity index (χ4v) is 2.44. The van der Waals surface area contributed by atoms with Crippen molar-refractivity contribution in [3.8, 4) is 0 Å². The Hall–Kier alpha value is -3.09. The third kappa shape index (κ3) is 4.26. The molecule has 1 atom stereocenters. The second-order valence-corrected chi connectivity index (χ2v) is 5.80. The monoisotopic (exact) mass is 339 g/mol. The zero-order chi connectivity index (χ0) is 17.6. The zero-order valence-corrected chi connectivity index (χ0v) is 14.3. The van der Waals surface area contributed by atoms with E-state index in [0.717, 1.165) is 18.7 Å². The molecule has 3 aromatic rings. The van der Waals surface area contributed by atoms with Gasteiger partial charge in [-0.1, -0.05) is 0 Å². The minimum Gasteiger partial charge on any atom is -0.467 e. The lowest BCUT2D eigenvalue weighted by Crippen LogP contribution is -2.33. The van der Waals surface area contributed by atoms with Crippen molar-refractivity contribution in [2.45, 2.75) is 25.9 Å². The number of amides is 2. The van der Waals surface area contributed by atoms with E-state index >= 15 is 0 Å². The lowest BCUT2D eigenvalue weighted by Gasteiger charge is -2.23.